The molecule has 21 heavy (non-hydrogen) atoms. The van der Waals surface area contributed by atoms with E-state index in [9.17, 15) is 4.79 Å². The fourth-order valence-corrected chi connectivity index (χ4v) is 2.13. The first-order valence-electron chi connectivity index (χ1n) is 6.59. The lowest BCUT2D eigenvalue weighted by molar-refractivity contribution is -0.142. The topological polar surface area (TPSA) is 44.8 Å². The second kappa shape index (κ2) is 6.79. The summed E-state index contributed by atoms with van der Waals surface area (Å²) in [6, 6.07) is 13.5. The summed E-state index contributed by atoms with van der Waals surface area (Å²) in [7, 11) is 3.23. The molecule has 0 heterocycles. The summed E-state index contributed by atoms with van der Waals surface area (Å²) in [6.07, 6.45) is 0. The van der Waals surface area contributed by atoms with Crippen LogP contribution in [0.5, 0.6) is 11.5 Å². The van der Waals surface area contributed by atoms with E-state index < -0.39 is 0 Å². The predicted molar refractivity (Wildman–Crippen MR) is 80.5 cm³/mol. The van der Waals surface area contributed by atoms with E-state index in [1.54, 1.807) is 14.2 Å². The molecule has 0 aromatic heterocycles. The summed E-state index contributed by atoms with van der Waals surface area (Å²) in [5.74, 6) is 1.07. The van der Waals surface area contributed by atoms with Crippen LogP contribution in [0.25, 0.3) is 11.1 Å². The minimum absolute atomic E-state index is 0.259. The molecule has 0 saturated heterocycles. The molecule has 0 aliphatic heterocycles. The van der Waals surface area contributed by atoms with Crippen LogP contribution in [0.3, 0.4) is 0 Å². The van der Waals surface area contributed by atoms with Gasteiger partial charge in [0.05, 0.1) is 14.2 Å². The van der Waals surface area contributed by atoms with Crippen LogP contribution in [0.2, 0.25) is 0 Å². The van der Waals surface area contributed by atoms with Gasteiger partial charge in [-0.15, -0.1) is 0 Å². The number of carbonyl (C=O) groups excluding carboxylic acids is 1. The minimum atomic E-state index is -0.292. The number of rotatable bonds is 5. The van der Waals surface area contributed by atoms with Crippen LogP contribution in [0, 0.1) is 0 Å². The molecule has 0 radical (unpaired) electrons. The number of carbonyl (C=O) groups is 1. The Morgan fingerprint density at radius 3 is 2.48 bits per heavy atom. The summed E-state index contributed by atoms with van der Waals surface area (Å²) < 4.78 is 15.8. The highest BCUT2D eigenvalue weighted by atomic mass is 16.5. The summed E-state index contributed by atoms with van der Waals surface area (Å²) in [5.41, 5.74) is 2.84. The lowest BCUT2D eigenvalue weighted by atomic mass is 10.0. The fraction of sp³-hybridized carbons (Fsp3) is 0.235. The SMILES string of the molecule is COc1cccc(-c2cccc(COC(C)=O)c2)c1OC. The van der Waals surface area contributed by atoms with Crippen molar-refractivity contribution in [1.82, 2.24) is 0 Å². The number of hydrogen-bond donors (Lipinski definition) is 0. The van der Waals surface area contributed by atoms with Crippen LogP contribution in [0.4, 0.5) is 0 Å². The Kier molecular flexibility index (Phi) is 4.82. The molecular weight excluding hydrogens is 268 g/mol. The predicted octanol–water partition coefficient (Wildman–Crippen LogP) is 3.43. The van der Waals surface area contributed by atoms with Gasteiger partial charge in [-0.2, -0.15) is 0 Å². The number of hydrogen-bond acceptors (Lipinski definition) is 4. The molecular formula is C17H18O4. The number of benzene rings is 2. The molecule has 0 N–H and O–H groups in total. The van der Waals surface area contributed by atoms with Crippen LogP contribution in [-0.4, -0.2) is 20.2 Å². The molecule has 0 fully saturated rings. The van der Waals surface area contributed by atoms with Crippen molar-refractivity contribution in [3.05, 3.63) is 48.0 Å². The molecule has 0 amide bonds. The van der Waals surface area contributed by atoms with E-state index in [1.807, 2.05) is 42.5 Å². The van der Waals surface area contributed by atoms with Crippen LogP contribution >= 0.6 is 0 Å². The molecule has 0 atom stereocenters. The lowest BCUT2D eigenvalue weighted by Crippen LogP contribution is -1.99. The quantitative estimate of drug-likeness (QED) is 0.790. The molecule has 0 unspecified atom stereocenters. The lowest BCUT2D eigenvalue weighted by Gasteiger charge is -2.13. The van der Waals surface area contributed by atoms with Crippen molar-refractivity contribution in [3.8, 4) is 22.6 Å². The van der Waals surface area contributed by atoms with Gasteiger partial charge in [0.1, 0.15) is 6.61 Å². The highest BCUT2D eigenvalue weighted by Crippen LogP contribution is 2.37. The average molecular weight is 286 g/mol. The van der Waals surface area contributed by atoms with Gasteiger partial charge in [0.25, 0.3) is 0 Å². The van der Waals surface area contributed by atoms with E-state index in [1.165, 1.54) is 6.92 Å². The van der Waals surface area contributed by atoms with Crippen molar-refractivity contribution in [2.45, 2.75) is 13.5 Å². The van der Waals surface area contributed by atoms with Gasteiger partial charge in [-0.25, -0.2) is 0 Å². The molecule has 2 aromatic rings. The highest BCUT2D eigenvalue weighted by Gasteiger charge is 2.11. The van der Waals surface area contributed by atoms with Crippen molar-refractivity contribution in [2.24, 2.45) is 0 Å². The molecule has 4 heteroatoms. The number of methoxy groups -OCH3 is 2. The molecule has 0 spiro atoms. The van der Waals surface area contributed by atoms with E-state index in [-0.39, 0.29) is 12.6 Å². The Bertz CT molecular complexity index is 634. The first kappa shape index (κ1) is 14.9. The Morgan fingerprint density at radius 1 is 1.05 bits per heavy atom. The van der Waals surface area contributed by atoms with Gasteiger partial charge in [0.15, 0.2) is 11.5 Å². The van der Waals surface area contributed by atoms with Gasteiger partial charge in [0.2, 0.25) is 0 Å². The zero-order valence-corrected chi connectivity index (χ0v) is 12.4. The molecule has 2 rings (SSSR count). The Balaban J connectivity index is 2.38. The molecule has 0 bridgehead atoms. The smallest absolute Gasteiger partial charge is 0.302 e. The Morgan fingerprint density at radius 2 is 1.81 bits per heavy atom. The third-order valence-corrected chi connectivity index (χ3v) is 3.08. The number of ether oxygens (including phenoxy) is 3. The maximum absolute atomic E-state index is 10.9. The van der Waals surface area contributed by atoms with E-state index in [0.29, 0.717) is 11.5 Å². The second-order valence-electron chi connectivity index (χ2n) is 4.52. The van der Waals surface area contributed by atoms with E-state index >= 15 is 0 Å². The monoisotopic (exact) mass is 286 g/mol. The normalized spacial score (nSPS) is 10.0. The maximum atomic E-state index is 10.9. The standard InChI is InChI=1S/C17H18O4/c1-12(18)21-11-13-6-4-7-14(10-13)15-8-5-9-16(19-2)17(15)20-3/h4-10H,11H2,1-3H3. The van der Waals surface area contributed by atoms with Gasteiger partial charge in [-0.3, -0.25) is 4.79 Å². The van der Waals surface area contributed by atoms with Crippen LogP contribution in [-0.2, 0) is 16.1 Å². The highest BCUT2D eigenvalue weighted by molar-refractivity contribution is 5.74. The molecule has 0 aliphatic carbocycles. The van der Waals surface area contributed by atoms with Crippen LogP contribution in [0.15, 0.2) is 42.5 Å². The molecule has 110 valence electrons. The number of esters is 1. The third-order valence-electron chi connectivity index (χ3n) is 3.08. The van der Waals surface area contributed by atoms with Crippen molar-refractivity contribution < 1.29 is 19.0 Å². The summed E-state index contributed by atoms with van der Waals surface area (Å²) >= 11 is 0. The van der Waals surface area contributed by atoms with Crippen LogP contribution < -0.4 is 9.47 Å². The number of para-hydroxylation sites is 1. The minimum Gasteiger partial charge on any atom is -0.493 e. The Hall–Kier alpha value is -2.49. The van der Waals surface area contributed by atoms with Gasteiger partial charge >= 0.3 is 5.97 Å². The van der Waals surface area contributed by atoms with Gasteiger partial charge in [0, 0.05) is 12.5 Å². The van der Waals surface area contributed by atoms with Crippen LogP contribution in [0.1, 0.15) is 12.5 Å². The summed E-state index contributed by atoms with van der Waals surface area (Å²) in [5, 5.41) is 0. The average Bonchev–Trinajstić information content (AvgIpc) is 2.52. The van der Waals surface area contributed by atoms with Gasteiger partial charge in [-0.05, 0) is 23.3 Å². The first-order chi connectivity index (χ1) is 10.2. The van der Waals surface area contributed by atoms with E-state index in [2.05, 4.69) is 0 Å². The fourth-order valence-electron chi connectivity index (χ4n) is 2.13. The van der Waals surface area contributed by atoms with Gasteiger partial charge in [-0.1, -0.05) is 30.3 Å². The van der Waals surface area contributed by atoms with Crippen molar-refractivity contribution >= 4 is 5.97 Å². The molecule has 0 aliphatic rings. The van der Waals surface area contributed by atoms with E-state index in [4.69, 9.17) is 14.2 Å². The molecule has 2 aromatic carbocycles. The zero-order chi connectivity index (χ0) is 15.2. The third kappa shape index (κ3) is 3.54. The molecule has 4 nitrogen and oxygen atoms in total. The van der Waals surface area contributed by atoms with E-state index in [0.717, 1.165) is 16.7 Å². The van der Waals surface area contributed by atoms with Crippen molar-refractivity contribution in [1.29, 1.82) is 0 Å². The van der Waals surface area contributed by atoms with Gasteiger partial charge < -0.3 is 14.2 Å². The maximum Gasteiger partial charge on any atom is 0.302 e. The molecule has 0 saturated carbocycles. The summed E-state index contributed by atoms with van der Waals surface area (Å²) in [6.45, 7) is 1.66. The largest absolute Gasteiger partial charge is 0.493 e. The van der Waals surface area contributed by atoms with Crippen molar-refractivity contribution in [2.75, 3.05) is 14.2 Å². The summed E-state index contributed by atoms with van der Waals surface area (Å²) in [4.78, 5) is 10.9. The Labute approximate surface area is 124 Å². The zero-order valence-electron chi connectivity index (χ0n) is 12.4. The van der Waals surface area contributed by atoms with Crippen molar-refractivity contribution in [3.63, 3.8) is 0 Å². The first-order valence-corrected chi connectivity index (χ1v) is 6.59. The second-order valence-corrected chi connectivity index (χ2v) is 4.52.